The predicted octanol–water partition coefficient (Wildman–Crippen LogP) is 2.46. The number of rotatable bonds is 4. The van der Waals surface area contributed by atoms with Crippen LogP contribution in [0.2, 0.25) is 5.02 Å². The summed E-state index contributed by atoms with van der Waals surface area (Å²) < 4.78 is 0. The molecule has 2 aromatic rings. The van der Waals surface area contributed by atoms with Gasteiger partial charge in [0.2, 0.25) is 0 Å². The number of phenols is 1. The number of β-amino-alcohol motifs (C(OH)–C–C–N with tert-alkyl or cyclic N) is 1. The summed E-state index contributed by atoms with van der Waals surface area (Å²) in [6.07, 6.45) is 0. The summed E-state index contributed by atoms with van der Waals surface area (Å²) >= 11 is 5.85. The van der Waals surface area contributed by atoms with Crippen molar-refractivity contribution >= 4 is 29.1 Å². The molecule has 0 aliphatic carbocycles. The fourth-order valence-corrected chi connectivity index (χ4v) is 3.11. The largest absolute Gasteiger partial charge is 0.508 e. The standard InChI is InChI=1S/C19H16ClNO5/c20-13-5-1-12(2-6-13)17(24)15-16(11-3-7-14(23)8-4-11)21(9-10-22)19(26)18(15)25/h1-8,16,22-24H,9-10H2/t16-/m1/s1. The molecule has 0 aromatic heterocycles. The molecular formula is C19H16ClNO5. The molecular weight excluding hydrogens is 358 g/mol. The lowest BCUT2D eigenvalue weighted by Crippen LogP contribution is -2.32. The van der Waals surface area contributed by atoms with Crippen LogP contribution in [0.15, 0.2) is 54.1 Å². The van der Waals surface area contributed by atoms with Crippen molar-refractivity contribution in [2.45, 2.75) is 6.04 Å². The highest BCUT2D eigenvalue weighted by Crippen LogP contribution is 2.39. The maximum Gasteiger partial charge on any atom is 0.295 e. The molecule has 3 N–H and O–H groups in total. The van der Waals surface area contributed by atoms with Crippen LogP contribution in [0.3, 0.4) is 0 Å². The maximum absolute atomic E-state index is 12.6. The molecule has 0 saturated carbocycles. The first-order valence-corrected chi connectivity index (χ1v) is 8.26. The second kappa shape index (κ2) is 7.19. The quantitative estimate of drug-likeness (QED) is 0.434. The first-order chi connectivity index (χ1) is 12.4. The molecule has 1 heterocycles. The van der Waals surface area contributed by atoms with E-state index in [2.05, 4.69) is 0 Å². The summed E-state index contributed by atoms with van der Waals surface area (Å²) in [5, 5.41) is 29.9. The summed E-state index contributed by atoms with van der Waals surface area (Å²) in [7, 11) is 0. The molecule has 3 rings (SSSR count). The van der Waals surface area contributed by atoms with E-state index in [1.165, 1.54) is 17.0 Å². The lowest BCUT2D eigenvalue weighted by Gasteiger charge is -2.24. The fraction of sp³-hybridized carbons (Fsp3) is 0.158. The molecule has 2 aromatic carbocycles. The van der Waals surface area contributed by atoms with Gasteiger partial charge in [-0.1, -0.05) is 23.7 Å². The molecule has 0 bridgehead atoms. The van der Waals surface area contributed by atoms with Gasteiger partial charge in [-0.2, -0.15) is 0 Å². The fourth-order valence-electron chi connectivity index (χ4n) is 2.98. The number of carbonyl (C=O) groups is 2. The Balaban J connectivity index is 2.17. The number of halogens is 1. The monoisotopic (exact) mass is 373 g/mol. The number of aliphatic hydroxyl groups is 2. The lowest BCUT2D eigenvalue weighted by molar-refractivity contribution is -0.140. The molecule has 7 heteroatoms. The maximum atomic E-state index is 12.6. The molecule has 26 heavy (non-hydrogen) atoms. The van der Waals surface area contributed by atoms with E-state index >= 15 is 0 Å². The number of phenolic OH excluding ortho intramolecular Hbond substituents is 1. The highest BCUT2D eigenvalue weighted by atomic mass is 35.5. The van der Waals surface area contributed by atoms with Gasteiger partial charge < -0.3 is 20.2 Å². The third-order valence-corrected chi connectivity index (χ3v) is 4.46. The third-order valence-electron chi connectivity index (χ3n) is 4.21. The number of aliphatic hydroxyl groups excluding tert-OH is 2. The van der Waals surface area contributed by atoms with Gasteiger partial charge in [0.25, 0.3) is 11.7 Å². The van der Waals surface area contributed by atoms with Crippen LogP contribution in [0, 0.1) is 0 Å². The van der Waals surface area contributed by atoms with Gasteiger partial charge in [0, 0.05) is 17.1 Å². The Morgan fingerprint density at radius 2 is 1.65 bits per heavy atom. The van der Waals surface area contributed by atoms with Gasteiger partial charge in [0.05, 0.1) is 18.2 Å². The van der Waals surface area contributed by atoms with Crippen LogP contribution in [0.4, 0.5) is 0 Å². The molecule has 1 aliphatic rings. The topological polar surface area (TPSA) is 98.1 Å². The first kappa shape index (κ1) is 18.0. The number of nitrogens with zero attached hydrogens (tertiary/aromatic N) is 1. The zero-order chi connectivity index (χ0) is 18.8. The van der Waals surface area contributed by atoms with E-state index in [0.29, 0.717) is 16.1 Å². The molecule has 0 radical (unpaired) electrons. The number of hydrogen-bond acceptors (Lipinski definition) is 5. The van der Waals surface area contributed by atoms with E-state index in [4.69, 9.17) is 11.6 Å². The zero-order valence-corrected chi connectivity index (χ0v) is 14.3. The molecule has 1 atom stereocenters. The van der Waals surface area contributed by atoms with E-state index in [1.54, 1.807) is 36.4 Å². The summed E-state index contributed by atoms with van der Waals surface area (Å²) in [4.78, 5) is 26.2. The van der Waals surface area contributed by atoms with Gasteiger partial charge in [-0.05, 0) is 42.0 Å². The van der Waals surface area contributed by atoms with Crippen LogP contribution in [-0.2, 0) is 9.59 Å². The minimum absolute atomic E-state index is 0.0329. The van der Waals surface area contributed by atoms with Crippen molar-refractivity contribution in [3.05, 3.63) is 70.3 Å². The number of aromatic hydroxyl groups is 1. The molecule has 1 amide bonds. The van der Waals surface area contributed by atoms with Crippen molar-refractivity contribution in [2.75, 3.05) is 13.2 Å². The average molecular weight is 374 g/mol. The Hall–Kier alpha value is -2.83. The van der Waals surface area contributed by atoms with Crippen LogP contribution >= 0.6 is 11.6 Å². The Labute approximate surface area is 154 Å². The van der Waals surface area contributed by atoms with Crippen molar-refractivity contribution in [3.8, 4) is 5.75 Å². The smallest absolute Gasteiger partial charge is 0.295 e. The molecule has 1 saturated heterocycles. The summed E-state index contributed by atoms with van der Waals surface area (Å²) in [5.74, 6) is -1.92. The van der Waals surface area contributed by atoms with Gasteiger partial charge in [-0.3, -0.25) is 9.59 Å². The Morgan fingerprint density at radius 3 is 2.23 bits per heavy atom. The normalized spacial score (nSPS) is 19.2. The molecule has 1 aliphatic heterocycles. The predicted molar refractivity (Wildman–Crippen MR) is 95.7 cm³/mol. The van der Waals surface area contributed by atoms with Crippen LogP contribution in [0.5, 0.6) is 5.75 Å². The Bertz CT molecular complexity index is 874. The second-order valence-electron chi connectivity index (χ2n) is 5.81. The van der Waals surface area contributed by atoms with Crippen LogP contribution in [0.25, 0.3) is 5.76 Å². The molecule has 0 unspecified atom stereocenters. The number of hydrogen-bond donors (Lipinski definition) is 3. The number of ketones is 1. The van der Waals surface area contributed by atoms with E-state index < -0.39 is 17.7 Å². The number of amides is 1. The summed E-state index contributed by atoms with van der Waals surface area (Å²) in [6, 6.07) is 11.3. The molecule has 0 spiro atoms. The van der Waals surface area contributed by atoms with Gasteiger partial charge in [0.15, 0.2) is 0 Å². The van der Waals surface area contributed by atoms with Crippen molar-refractivity contribution in [1.29, 1.82) is 0 Å². The molecule has 1 fully saturated rings. The number of carbonyl (C=O) groups excluding carboxylic acids is 2. The Kier molecular flexibility index (Phi) is 4.97. The highest BCUT2D eigenvalue weighted by Gasteiger charge is 2.45. The van der Waals surface area contributed by atoms with Crippen LogP contribution < -0.4 is 0 Å². The number of benzene rings is 2. The van der Waals surface area contributed by atoms with Crippen molar-refractivity contribution in [2.24, 2.45) is 0 Å². The molecule has 134 valence electrons. The van der Waals surface area contributed by atoms with Gasteiger partial charge in [-0.15, -0.1) is 0 Å². The van der Waals surface area contributed by atoms with Crippen molar-refractivity contribution < 1.29 is 24.9 Å². The lowest BCUT2D eigenvalue weighted by atomic mass is 9.95. The zero-order valence-electron chi connectivity index (χ0n) is 13.6. The van der Waals surface area contributed by atoms with Crippen LogP contribution in [0.1, 0.15) is 17.2 Å². The minimum Gasteiger partial charge on any atom is -0.508 e. The van der Waals surface area contributed by atoms with E-state index in [-0.39, 0.29) is 30.2 Å². The minimum atomic E-state index is -0.863. The number of Topliss-reactive ketones (excluding diaryl/α,β-unsaturated/α-hetero) is 1. The van der Waals surface area contributed by atoms with Gasteiger partial charge >= 0.3 is 0 Å². The highest BCUT2D eigenvalue weighted by molar-refractivity contribution is 6.46. The van der Waals surface area contributed by atoms with E-state index in [1.807, 2.05) is 0 Å². The van der Waals surface area contributed by atoms with Crippen molar-refractivity contribution in [3.63, 3.8) is 0 Å². The Morgan fingerprint density at radius 1 is 1.04 bits per heavy atom. The SMILES string of the molecule is O=C1C(=O)N(CCO)[C@H](c2ccc(O)cc2)C1=C(O)c1ccc(Cl)cc1. The van der Waals surface area contributed by atoms with Crippen LogP contribution in [-0.4, -0.2) is 45.1 Å². The average Bonchev–Trinajstić information content (AvgIpc) is 2.88. The van der Waals surface area contributed by atoms with E-state index in [0.717, 1.165) is 0 Å². The van der Waals surface area contributed by atoms with Crippen molar-refractivity contribution in [1.82, 2.24) is 4.90 Å². The summed E-state index contributed by atoms with van der Waals surface area (Å²) in [5.41, 5.74) is 0.808. The molecule has 6 nitrogen and oxygen atoms in total. The summed E-state index contributed by atoms with van der Waals surface area (Å²) in [6.45, 7) is -0.393. The first-order valence-electron chi connectivity index (χ1n) is 7.88. The second-order valence-corrected chi connectivity index (χ2v) is 6.25. The van der Waals surface area contributed by atoms with Gasteiger partial charge in [-0.25, -0.2) is 0 Å². The van der Waals surface area contributed by atoms with E-state index in [9.17, 15) is 24.9 Å². The number of likely N-dealkylation sites (tertiary alicyclic amines) is 1. The third kappa shape index (κ3) is 3.16. The van der Waals surface area contributed by atoms with Gasteiger partial charge in [0.1, 0.15) is 11.5 Å².